The monoisotopic (exact) mass is 261 g/mol. The highest BCUT2D eigenvalue weighted by atomic mass is 19.1. The van der Waals surface area contributed by atoms with Crippen molar-refractivity contribution in [3.63, 3.8) is 0 Å². The molecule has 0 heterocycles. The van der Waals surface area contributed by atoms with E-state index in [1.54, 1.807) is 12.1 Å². The summed E-state index contributed by atoms with van der Waals surface area (Å²) in [5.74, 6) is -0.0903. The predicted molar refractivity (Wildman–Crippen MR) is 78.6 cm³/mol. The molecule has 2 heteroatoms. The minimum absolute atomic E-state index is 0.0903. The molecule has 1 unspecified atom stereocenters. The Morgan fingerprint density at radius 3 is 2.79 bits per heavy atom. The molecule has 2 rings (SSSR count). The van der Waals surface area contributed by atoms with Crippen LogP contribution in [0.1, 0.15) is 57.1 Å². The summed E-state index contributed by atoms with van der Waals surface area (Å²) in [7, 11) is 0. The maximum atomic E-state index is 14.0. The average Bonchev–Trinajstić information content (AvgIpc) is 2.45. The molecule has 1 aliphatic carbocycles. The lowest BCUT2D eigenvalue weighted by Gasteiger charge is -2.23. The zero-order chi connectivity index (χ0) is 13.5. The Labute approximate surface area is 115 Å². The van der Waals surface area contributed by atoms with Crippen LogP contribution in [0.2, 0.25) is 0 Å². The smallest absolute Gasteiger partial charge is 0.127 e. The molecular weight excluding hydrogens is 237 g/mol. The highest BCUT2D eigenvalue weighted by Gasteiger charge is 2.17. The first kappa shape index (κ1) is 14.3. The summed E-state index contributed by atoms with van der Waals surface area (Å²) >= 11 is 0. The van der Waals surface area contributed by atoms with Crippen LogP contribution in [-0.4, -0.2) is 6.54 Å². The van der Waals surface area contributed by atoms with Gasteiger partial charge in [0.1, 0.15) is 5.82 Å². The van der Waals surface area contributed by atoms with E-state index in [1.807, 2.05) is 12.1 Å². The number of hydrogen-bond acceptors (Lipinski definition) is 1. The molecule has 0 radical (unpaired) electrons. The van der Waals surface area contributed by atoms with Gasteiger partial charge >= 0.3 is 0 Å². The van der Waals surface area contributed by atoms with E-state index >= 15 is 0 Å². The van der Waals surface area contributed by atoms with Crippen LogP contribution in [0.15, 0.2) is 35.9 Å². The first-order valence-corrected chi connectivity index (χ1v) is 7.47. The normalized spacial score (nSPS) is 17.1. The molecule has 0 saturated carbocycles. The molecule has 0 amide bonds. The van der Waals surface area contributed by atoms with E-state index in [9.17, 15) is 4.39 Å². The van der Waals surface area contributed by atoms with Gasteiger partial charge in [-0.25, -0.2) is 4.39 Å². The molecule has 0 fully saturated rings. The van der Waals surface area contributed by atoms with E-state index < -0.39 is 0 Å². The summed E-state index contributed by atoms with van der Waals surface area (Å²) < 4.78 is 14.0. The number of rotatable bonds is 6. The summed E-state index contributed by atoms with van der Waals surface area (Å²) in [5, 5.41) is 3.49. The van der Waals surface area contributed by atoms with E-state index in [0.29, 0.717) is 0 Å². The van der Waals surface area contributed by atoms with Crippen LogP contribution in [0.4, 0.5) is 4.39 Å². The van der Waals surface area contributed by atoms with E-state index in [1.165, 1.54) is 31.3 Å². The summed E-state index contributed by atoms with van der Waals surface area (Å²) in [4.78, 5) is 0. The first-order valence-electron chi connectivity index (χ1n) is 7.47. The van der Waals surface area contributed by atoms with E-state index in [-0.39, 0.29) is 11.9 Å². The van der Waals surface area contributed by atoms with Crippen molar-refractivity contribution < 1.29 is 4.39 Å². The average molecular weight is 261 g/mol. The predicted octanol–water partition coefficient (Wildman–Crippen LogP) is 4.76. The van der Waals surface area contributed by atoms with Gasteiger partial charge in [-0.3, -0.25) is 0 Å². The highest BCUT2D eigenvalue weighted by molar-refractivity contribution is 5.23. The summed E-state index contributed by atoms with van der Waals surface area (Å²) in [6.45, 7) is 3.08. The van der Waals surface area contributed by atoms with Crippen LogP contribution >= 0.6 is 0 Å². The Morgan fingerprint density at radius 2 is 2.11 bits per heavy atom. The minimum Gasteiger partial charge on any atom is -0.310 e. The maximum Gasteiger partial charge on any atom is 0.127 e. The number of allylic oxidation sites excluding steroid dienone is 1. The van der Waals surface area contributed by atoms with Crippen LogP contribution in [-0.2, 0) is 0 Å². The third kappa shape index (κ3) is 4.17. The summed E-state index contributed by atoms with van der Waals surface area (Å²) in [6, 6.07) is 7.27. The van der Waals surface area contributed by atoms with Gasteiger partial charge in [-0.2, -0.15) is 0 Å². The van der Waals surface area contributed by atoms with Gasteiger partial charge < -0.3 is 5.32 Å². The molecule has 104 valence electrons. The van der Waals surface area contributed by atoms with Crippen molar-refractivity contribution in [3.05, 3.63) is 47.3 Å². The van der Waals surface area contributed by atoms with Crippen molar-refractivity contribution in [1.82, 2.24) is 5.32 Å². The molecule has 0 saturated heterocycles. The van der Waals surface area contributed by atoms with Crippen molar-refractivity contribution in [3.8, 4) is 0 Å². The van der Waals surface area contributed by atoms with Gasteiger partial charge in [-0.15, -0.1) is 0 Å². The van der Waals surface area contributed by atoms with Gasteiger partial charge in [-0.1, -0.05) is 36.8 Å². The lowest BCUT2D eigenvalue weighted by Crippen LogP contribution is -2.23. The zero-order valence-corrected chi connectivity index (χ0v) is 11.8. The topological polar surface area (TPSA) is 12.0 Å². The van der Waals surface area contributed by atoms with Crippen molar-refractivity contribution in [2.75, 3.05) is 6.54 Å². The fraction of sp³-hybridized carbons (Fsp3) is 0.529. The number of benzene rings is 1. The lowest BCUT2D eigenvalue weighted by atomic mass is 9.91. The van der Waals surface area contributed by atoms with Crippen LogP contribution in [0.25, 0.3) is 0 Å². The Morgan fingerprint density at radius 1 is 1.26 bits per heavy atom. The molecule has 1 aromatic carbocycles. The van der Waals surface area contributed by atoms with Crippen LogP contribution in [0.5, 0.6) is 0 Å². The fourth-order valence-corrected chi connectivity index (χ4v) is 2.72. The second-order valence-electron chi connectivity index (χ2n) is 5.34. The van der Waals surface area contributed by atoms with Gasteiger partial charge in [0.25, 0.3) is 0 Å². The molecule has 1 N–H and O–H groups in total. The molecule has 0 spiro atoms. The molecule has 0 aromatic heterocycles. The SMILES string of the molecule is CCCNC(CC1=CCCCC1)c1ccccc1F. The second kappa shape index (κ2) is 7.44. The number of halogens is 1. The van der Waals surface area contributed by atoms with Crippen LogP contribution in [0.3, 0.4) is 0 Å². The van der Waals surface area contributed by atoms with Crippen LogP contribution in [0, 0.1) is 5.82 Å². The number of hydrogen-bond donors (Lipinski definition) is 1. The molecule has 0 bridgehead atoms. The minimum atomic E-state index is -0.0903. The van der Waals surface area contributed by atoms with Crippen molar-refractivity contribution in [2.45, 2.75) is 51.5 Å². The van der Waals surface area contributed by atoms with E-state index in [0.717, 1.165) is 24.9 Å². The van der Waals surface area contributed by atoms with Gasteiger partial charge in [0.15, 0.2) is 0 Å². The van der Waals surface area contributed by atoms with Gasteiger partial charge in [0.05, 0.1) is 0 Å². The molecular formula is C17H24FN. The molecule has 1 aromatic rings. The Kier molecular flexibility index (Phi) is 5.59. The third-order valence-corrected chi connectivity index (χ3v) is 3.77. The van der Waals surface area contributed by atoms with E-state index in [4.69, 9.17) is 0 Å². The lowest BCUT2D eigenvalue weighted by molar-refractivity contribution is 0.485. The third-order valence-electron chi connectivity index (χ3n) is 3.77. The van der Waals surface area contributed by atoms with Crippen molar-refractivity contribution in [2.24, 2.45) is 0 Å². The van der Waals surface area contributed by atoms with Crippen molar-refractivity contribution in [1.29, 1.82) is 0 Å². The summed E-state index contributed by atoms with van der Waals surface area (Å²) in [6.07, 6.45) is 9.32. The summed E-state index contributed by atoms with van der Waals surface area (Å²) in [5.41, 5.74) is 2.30. The Hall–Kier alpha value is -1.15. The zero-order valence-electron chi connectivity index (χ0n) is 11.8. The largest absolute Gasteiger partial charge is 0.310 e. The molecule has 0 aliphatic heterocycles. The van der Waals surface area contributed by atoms with Gasteiger partial charge in [0.2, 0.25) is 0 Å². The van der Waals surface area contributed by atoms with E-state index in [2.05, 4.69) is 18.3 Å². The fourth-order valence-electron chi connectivity index (χ4n) is 2.72. The Bertz CT molecular complexity index is 425. The molecule has 1 atom stereocenters. The first-order chi connectivity index (χ1) is 9.31. The highest BCUT2D eigenvalue weighted by Crippen LogP contribution is 2.28. The van der Waals surface area contributed by atoms with Crippen LogP contribution < -0.4 is 5.32 Å². The number of nitrogens with one attached hydrogen (secondary N) is 1. The maximum absolute atomic E-state index is 14.0. The second-order valence-corrected chi connectivity index (χ2v) is 5.34. The van der Waals surface area contributed by atoms with Gasteiger partial charge in [0, 0.05) is 11.6 Å². The molecule has 1 aliphatic rings. The quantitative estimate of drug-likeness (QED) is 0.728. The molecule has 19 heavy (non-hydrogen) atoms. The standard InChI is InChI=1S/C17H24FN/c1-2-12-19-17(13-14-8-4-3-5-9-14)15-10-6-7-11-16(15)18/h6-8,10-11,17,19H,2-5,9,12-13H2,1H3. The molecule has 1 nitrogen and oxygen atoms in total. The Balaban J connectivity index is 2.11. The van der Waals surface area contributed by atoms with Crippen molar-refractivity contribution >= 4 is 0 Å². The van der Waals surface area contributed by atoms with Gasteiger partial charge in [-0.05, 0) is 51.1 Å².